The molecule has 0 aliphatic heterocycles. The van der Waals surface area contributed by atoms with Gasteiger partial charge in [-0.3, -0.25) is 0 Å². The molecule has 0 aliphatic rings. The molecular formula is C18H26IN3O2. The van der Waals surface area contributed by atoms with Crippen molar-refractivity contribution in [3.8, 4) is 5.75 Å². The summed E-state index contributed by atoms with van der Waals surface area (Å²) < 4.78 is 11.1. The number of nitrogens with one attached hydrogen (secondary N) is 2. The molecule has 2 aromatic rings. The summed E-state index contributed by atoms with van der Waals surface area (Å²) in [7, 11) is 0. The Balaban J connectivity index is 0.00000288. The van der Waals surface area contributed by atoms with Crippen LogP contribution in [0.4, 0.5) is 0 Å². The summed E-state index contributed by atoms with van der Waals surface area (Å²) in [6, 6.07) is 10.0. The number of aliphatic imine (C=N–C) groups is 1. The van der Waals surface area contributed by atoms with Crippen molar-refractivity contribution >= 4 is 29.9 Å². The van der Waals surface area contributed by atoms with Gasteiger partial charge in [-0.2, -0.15) is 0 Å². The first-order valence-electron chi connectivity index (χ1n) is 7.93. The van der Waals surface area contributed by atoms with Crippen LogP contribution in [0, 0.1) is 13.8 Å². The van der Waals surface area contributed by atoms with E-state index < -0.39 is 0 Å². The minimum atomic E-state index is 0. The first kappa shape index (κ1) is 20.3. The van der Waals surface area contributed by atoms with E-state index in [4.69, 9.17) is 9.15 Å². The van der Waals surface area contributed by atoms with Gasteiger partial charge in [-0.05, 0) is 56.2 Å². The summed E-state index contributed by atoms with van der Waals surface area (Å²) in [4.78, 5) is 4.47. The van der Waals surface area contributed by atoms with E-state index in [2.05, 4.69) is 35.5 Å². The van der Waals surface area contributed by atoms with E-state index >= 15 is 0 Å². The third-order valence-electron chi connectivity index (χ3n) is 3.18. The maximum atomic E-state index is 5.78. The second-order valence-electron chi connectivity index (χ2n) is 5.37. The van der Waals surface area contributed by atoms with Crippen LogP contribution in [0.3, 0.4) is 0 Å². The molecule has 6 heteroatoms. The summed E-state index contributed by atoms with van der Waals surface area (Å²) in [5.41, 5.74) is 2.42. The zero-order chi connectivity index (χ0) is 16.5. The molecule has 0 radical (unpaired) electrons. The Bertz CT molecular complexity index is 607. The highest BCUT2D eigenvalue weighted by atomic mass is 127. The average Bonchev–Trinajstić information content (AvgIpc) is 3.01. The number of guanidine groups is 1. The van der Waals surface area contributed by atoms with Crippen molar-refractivity contribution in [2.45, 2.75) is 27.3 Å². The Morgan fingerprint density at radius 1 is 1.17 bits per heavy atom. The van der Waals surface area contributed by atoms with Gasteiger partial charge >= 0.3 is 0 Å². The predicted octanol–water partition coefficient (Wildman–Crippen LogP) is 3.65. The lowest BCUT2D eigenvalue weighted by Gasteiger charge is -2.12. The number of benzene rings is 1. The Kier molecular flexibility index (Phi) is 9.29. The van der Waals surface area contributed by atoms with Crippen molar-refractivity contribution in [1.29, 1.82) is 0 Å². The molecule has 0 atom stereocenters. The molecule has 0 saturated carbocycles. The first-order chi connectivity index (χ1) is 11.2. The van der Waals surface area contributed by atoms with E-state index in [1.807, 2.05) is 31.2 Å². The number of hydrogen-bond acceptors (Lipinski definition) is 3. The van der Waals surface area contributed by atoms with Gasteiger partial charge in [0, 0.05) is 6.54 Å². The zero-order valence-electron chi connectivity index (χ0n) is 14.5. The first-order valence-corrected chi connectivity index (χ1v) is 7.93. The molecule has 132 valence electrons. The molecule has 0 aliphatic carbocycles. The third kappa shape index (κ3) is 7.25. The van der Waals surface area contributed by atoms with Gasteiger partial charge in [0.05, 0.1) is 12.8 Å². The summed E-state index contributed by atoms with van der Waals surface area (Å²) in [6.45, 7) is 8.76. The van der Waals surface area contributed by atoms with Crippen molar-refractivity contribution in [3.63, 3.8) is 0 Å². The van der Waals surface area contributed by atoms with Crippen LogP contribution in [-0.2, 0) is 6.54 Å². The van der Waals surface area contributed by atoms with Crippen LogP contribution in [0.25, 0.3) is 0 Å². The molecule has 1 aromatic heterocycles. The Morgan fingerprint density at radius 3 is 2.54 bits per heavy atom. The predicted molar refractivity (Wildman–Crippen MR) is 108 cm³/mol. The Labute approximate surface area is 160 Å². The fraction of sp³-hybridized carbons (Fsp3) is 0.389. The number of halogens is 1. The van der Waals surface area contributed by atoms with Gasteiger partial charge in [0.15, 0.2) is 5.96 Å². The van der Waals surface area contributed by atoms with Crippen LogP contribution in [0.1, 0.15) is 23.8 Å². The summed E-state index contributed by atoms with van der Waals surface area (Å²) in [5.74, 6) is 2.50. The lowest BCUT2D eigenvalue weighted by molar-refractivity contribution is 0.321. The number of ether oxygens (including phenoxy) is 1. The standard InChI is InChI=1S/C18H25N3O2.HI/c1-4-19-18(21-13-16-6-5-8-22-16)20-7-9-23-17-11-14(2)10-15(3)12-17;/h5-6,8,10-12H,4,7,9,13H2,1-3H3,(H2,19,20,21);1H. The van der Waals surface area contributed by atoms with Crippen molar-refractivity contribution in [3.05, 3.63) is 53.5 Å². The highest BCUT2D eigenvalue weighted by molar-refractivity contribution is 14.0. The van der Waals surface area contributed by atoms with Crippen molar-refractivity contribution in [1.82, 2.24) is 10.6 Å². The molecule has 24 heavy (non-hydrogen) atoms. The van der Waals surface area contributed by atoms with Gasteiger partial charge in [0.2, 0.25) is 0 Å². The molecular weight excluding hydrogens is 417 g/mol. The molecule has 5 nitrogen and oxygen atoms in total. The van der Waals surface area contributed by atoms with Gasteiger partial charge in [0.25, 0.3) is 0 Å². The average molecular weight is 443 g/mol. The largest absolute Gasteiger partial charge is 0.492 e. The minimum absolute atomic E-state index is 0. The van der Waals surface area contributed by atoms with E-state index in [9.17, 15) is 0 Å². The molecule has 0 spiro atoms. The smallest absolute Gasteiger partial charge is 0.191 e. The lowest BCUT2D eigenvalue weighted by Crippen LogP contribution is -2.39. The minimum Gasteiger partial charge on any atom is -0.492 e. The molecule has 1 aromatic carbocycles. The number of hydrogen-bond donors (Lipinski definition) is 2. The van der Waals surface area contributed by atoms with Gasteiger partial charge in [-0.15, -0.1) is 24.0 Å². The van der Waals surface area contributed by atoms with Crippen LogP contribution in [0.15, 0.2) is 46.0 Å². The van der Waals surface area contributed by atoms with E-state index in [0.717, 1.165) is 24.0 Å². The van der Waals surface area contributed by atoms with Crippen molar-refractivity contribution < 1.29 is 9.15 Å². The van der Waals surface area contributed by atoms with Gasteiger partial charge in [-0.1, -0.05) is 6.07 Å². The number of rotatable bonds is 7. The zero-order valence-corrected chi connectivity index (χ0v) is 16.8. The van der Waals surface area contributed by atoms with Crippen molar-refractivity contribution in [2.75, 3.05) is 19.7 Å². The fourth-order valence-corrected chi connectivity index (χ4v) is 2.26. The quantitative estimate of drug-likeness (QED) is 0.297. The summed E-state index contributed by atoms with van der Waals surface area (Å²) in [5, 5.41) is 6.46. The van der Waals surface area contributed by atoms with Crippen LogP contribution >= 0.6 is 24.0 Å². The van der Waals surface area contributed by atoms with Gasteiger partial charge < -0.3 is 19.8 Å². The highest BCUT2D eigenvalue weighted by Crippen LogP contribution is 2.15. The van der Waals surface area contributed by atoms with Crippen molar-refractivity contribution in [2.24, 2.45) is 4.99 Å². The third-order valence-corrected chi connectivity index (χ3v) is 3.18. The number of aryl methyl sites for hydroxylation is 2. The normalized spacial score (nSPS) is 10.9. The molecule has 0 fully saturated rings. The van der Waals surface area contributed by atoms with Gasteiger partial charge in [0.1, 0.15) is 24.7 Å². The van der Waals surface area contributed by atoms with Gasteiger partial charge in [-0.25, -0.2) is 4.99 Å². The monoisotopic (exact) mass is 443 g/mol. The molecule has 1 heterocycles. The summed E-state index contributed by atoms with van der Waals surface area (Å²) >= 11 is 0. The lowest BCUT2D eigenvalue weighted by atomic mass is 10.1. The number of furan rings is 1. The fourth-order valence-electron chi connectivity index (χ4n) is 2.26. The second kappa shape index (κ2) is 11.0. The molecule has 0 saturated heterocycles. The number of nitrogens with zero attached hydrogens (tertiary/aromatic N) is 1. The van der Waals surface area contributed by atoms with Crippen LogP contribution in [0.2, 0.25) is 0 Å². The van der Waals surface area contributed by atoms with Crippen LogP contribution in [-0.4, -0.2) is 25.7 Å². The van der Waals surface area contributed by atoms with E-state index in [1.54, 1.807) is 6.26 Å². The van der Waals surface area contributed by atoms with Crippen LogP contribution in [0.5, 0.6) is 5.75 Å². The highest BCUT2D eigenvalue weighted by Gasteiger charge is 2.00. The molecule has 2 rings (SSSR count). The SMILES string of the molecule is CCNC(=NCc1ccco1)NCCOc1cc(C)cc(C)c1.I. The van der Waals surface area contributed by atoms with E-state index in [0.29, 0.717) is 19.7 Å². The van der Waals surface area contributed by atoms with E-state index in [-0.39, 0.29) is 24.0 Å². The summed E-state index contributed by atoms with van der Waals surface area (Å²) in [6.07, 6.45) is 1.66. The second-order valence-corrected chi connectivity index (χ2v) is 5.37. The Morgan fingerprint density at radius 2 is 1.92 bits per heavy atom. The maximum Gasteiger partial charge on any atom is 0.191 e. The maximum absolute atomic E-state index is 5.78. The topological polar surface area (TPSA) is 58.8 Å². The molecule has 0 unspecified atom stereocenters. The van der Waals surface area contributed by atoms with Crippen LogP contribution < -0.4 is 15.4 Å². The molecule has 2 N–H and O–H groups in total. The van der Waals surface area contributed by atoms with E-state index in [1.165, 1.54) is 11.1 Å². The molecule has 0 bridgehead atoms. The molecule has 0 amide bonds. The Hall–Kier alpha value is -1.70.